The maximum atomic E-state index is 14.7. The Hall–Kier alpha value is -4.36. The van der Waals surface area contributed by atoms with Gasteiger partial charge in [0.25, 0.3) is 5.91 Å². The summed E-state index contributed by atoms with van der Waals surface area (Å²) in [4.78, 5) is 45.3. The molecule has 9 nitrogen and oxygen atoms in total. The first-order valence-electron chi connectivity index (χ1n) is 13.5. The molecule has 1 N–H and O–H groups in total. The van der Waals surface area contributed by atoms with Gasteiger partial charge in [0.15, 0.2) is 0 Å². The van der Waals surface area contributed by atoms with E-state index in [1.165, 1.54) is 17.0 Å². The molecule has 0 radical (unpaired) electrons. The van der Waals surface area contributed by atoms with Crippen LogP contribution in [-0.4, -0.2) is 56.2 Å². The van der Waals surface area contributed by atoms with Gasteiger partial charge in [-0.3, -0.25) is 24.6 Å². The van der Waals surface area contributed by atoms with E-state index >= 15 is 0 Å². The number of aromatic nitrogens is 2. The van der Waals surface area contributed by atoms with Crippen molar-refractivity contribution >= 4 is 17.7 Å². The molecule has 2 fully saturated rings. The smallest absolute Gasteiger partial charge is 0.255 e. The standard InChI is InChI=1S/C30H29FN6O3/c1-18-14-36(17-33-18)26-3-2-19(10-21(26)13-32)15-35-8-6-20(7-9-35)23-11-22(31)12-24-25(23)16-37(30(24)40)27-4-5-28(38)34-29(27)39/h2-3,10-12,14,17,20,27H,4-9,15-16H2,1H3,(H,34,38,39). The number of nitriles is 1. The lowest BCUT2D eigenvalue weighted by atomic mass is 9.85. The first kappa shape index (κ1) is 25.9. The Morgan fingerprint density at radius 1 is 1.12 bits per heavy atom. The number of nitrogens with zero attached hydrogens (tertiary/aromatic N) is 5. The molecule has 1 atom stereocenters. The summed E-state index contributed by atoms with van der Waals surface area (Å²) in [6.07, 6.45) is 5.66. The zero-order valence-electron chi connectivity index (χ0n) is 22.2. The van der Waals surface area contributed by atoms with E-state index in [9.17, 15) is 24.0 Å². The molecular formula is C30H29FN6O3. The van der Waals surface area contributed by atoms with E-state index in [1.54, 1.807) is 6.33 Å². The Bertz CT molecular complexity index is 1570. The van der Waals surface area contributed by atoms with Crippen molar-refractivity contribution in [3.8, 4) is 11.8 Å². The van der Waals surface area contributed by atoms with Crippen molar-refractivity contribution in [1.82, 2.24) is 24.7 Å². The number of rotatable bonds is 5. The third kappa shape index (κ3) is 4.77. The van der Waals surface area contributed by atoms with Gasteiger partial charge in [-0.05, 0) is 86.1 Å². The number of halogens is 1. The molecule has 204 valence electrons. The topological polar surface area (TPSA) is 111 Å². The second kappa shape index (κ2) is 10.3. The van der Waals surface area contributed by atoms with E-state index < -0.39 is 17.8 Å². The van der Waals surface area contributed by atoms with E-state index in [1.807, 2.05) is 35.9 Å². The molecule has 3 amide bonds. The van der Waals surface area contributed by atoms with Gasteiger partial charge >= 0.3 is 0 Å². The summed E-state index contributed by atoms with van der Waals surface area (Å²) >= 11 is 0. The fraction of sp³-hybridized carbons (Fsp3) is 0.367. The van der Waals surface area contributed by atoms with Gasteiger partial charge < -0.3 is 9.47 Å². The molecule has 4 heterocycles. The molecule has 2 aromatic carbocycles. The minimum atomic E-state index is -0.724. The van der Waals surface area contributed by atoms with E-state index in [0.29, 0.717) is 17.7 Å². The summed E-state index contributed by atoms with van der Waals surface area (Å²) in [5, 5.41) is 12.0. The van der Waals surface area contributed by atoms with E-state index in [2.05, 4.69) is 21.3 Å². The number of piperidine rings is 2. The van der Waals surface area contributed by atoms with Crippen LogP contribution in [0.2, 0.25) is 0 Å². The van der Waals surface area contributed by atoms with Gasteiger partial charge in [-0.1, -0.05) is 6.07 Å². The zero-order valence-corrected chi connectivity index (χ0v) is 22.2. The molecule has 0 bridgehead atoms. The number of amides is 3. The molecule has 0 spiro atoms. The van der Waals surface area contributed by atoms with Crippen LogP contribution in [0.15, 0.2) is 42.9 Å². The number of benzene rings is 2. The molecule has 3 aliphatic heterocycles. The Labute approximate surface area is 231 Å². The minimum Gasteiger partial charge on any atom is -0.322 e. The van der Waals surface area contributed by atoms with E-state index in [-0.39, 0.29) is 37.1 Å². The summed E-state index contributed by atoms with van der Waals surface area (Å²) in [5.41, 5.74) is 5.26. The predicted molar refractivity (Wildman–Crippen MR) is 143 cm³/mol. The van der Waals surface area contributed by atoms with Crippen molar-refractivity contribution in [3.63, 3.8) is 0 Å². The summed E-state index contributed by atoms with van der Waals surface area (Å²) < 4.78 is 16.6. The first-order valence-corrected chi connectivity index (χ1v) is 13.5. The molecule has 0 aliphatic carbocycles. The molecule has 1 aromatic heterocycles. The van der Waals surface area contributed by atoms with Gasteiger partial charge in [0.05, 0.1) is 23.3 Å². The van der Waals surface area contributed by atoms with E-state index in [4.69, 9.17) is 0 Å². The van der Waals surface area contributed by atoms with Gasteiger partial charge in [-0.15, -0.1) is 0 Å². The summed E-state index contributed by atoms with van der Waals surface area (Å²) in [6.45, 7) is 4.45. The van der Waals surface area contributed by atoms with Crippen LogP contribution < -0.4 is 5.32 Å². The fourth-order valence-corrected chi connectivity index (χ4v) is 6.23. The molecule has 10 heteroatoms. The van der Waals surface area contributed by atoms with Crippen molar-refractivity contribution in [2.45, 2.75) is 57.7 Å². The number of imidazole rings is 1. The maximum absolute atomic E-state index is 14.7. The predicted octanol–water partition coefficient (Wildman–Crippen LogP) is 3.33. The van der Waals surface area contributed by atoms with Gasteiger partial charge in [-0.2, -0.15) is 5.26 Å². The average Bonchev–Trinajstić information content (AvgIpc) is 3.51. The highest BCUT2D eigenvalue weighted by Crippen LogP contribution is 2.38. The van der Waals surface area contributed by atoms with Crippen molar-refractivity contribution < 1.29 is 18.8 Å². The molecule has 3 aliphatic rings. The quantitative estimate of drug-likeness (QED) is 0.497. The Morgan fingerprint density at radius 3 is 2.62 bits per heavy atom. The number of hydrogen-bond donors (Lipinski definition) is 1. The Kier molecular flexibility index (Phi) is 6.68. The number of nitrogens with one attached hydrogen (secondary N) is 1. The van der Waals surface area contributed by atoms with Crippen molar-refractivity contribution in [1.29, 1.82) is 5.26 Å². The van der Waals surface area contributed by atoms with Crippen LogP contribution in [0.5, 0.6) is 0 Å². The van der Waals surface area contributed by atoms with E-state index in [0.717, 1.165) is 54.0 Å². The lowest BCUT2D eigenvalue weighted by molar-refractivity contribution is -0.136. The van der Waals surface area contributed by atoms with Crippen LogP contribution in [0.25, 0.3) is 5.69 Å². The third-order valence-electron chi connectivity index (χ3n) is 8.26. The summed E-state index contributed by atoms with van der Waals surface area (Å²) in [7, 11) is 0. The van der Waals surface area contributed by atoms with Gasteiger partial charge in [-0.25, -0.2) is 9.37 Å². The van der Waals surface area contributed by atoms with Gasteiger partial charge in [0.2, 0.25) is 11.8 Å². The summed E-state index contributed by atoms with van der Waals surface area (Å²) in [5.74, 6) is -1.52. The molecule has 6 rings (SSSR count). The molecule has 0 saturated carbocycles. The Balaban J connectivity index is 1.14. The SMILES string of the molecule is Cc1cn(-c2ccc(CN3CCC(c4cc(F)cc5c4CN(C4CCC(=O)NC4=O)C5=O)CC3)cc2C#N)cn1. The maximum Gasteiger partial charge on any atom is 0.255 e. The highest BCUT2D eigenvalue weighted by Gasteiger charge is 2.41. The monoisotopic (exact) mass is 540 g/mol. The number of aryl methyl sites for hydroxylation is 1. The first-order chi connectivity index (χ1) is 19.3. The number of hydrogen-bond acceptors (Lipinski definition) is 6. The molecule has 2 saturated heterocycles. The number of carbonyl (C=O) groups excluding carboxylic acids is 3. The number of fused-ring (bicyclic) bond motifs is 1. The van der Waals surface area contributed by atoms with Crippen LogP contribution in [0.4, 0.5) is 4.39 Å². The van der Waals surface area contributed by atoms with Crippen LogP contribution in [0.3, 0.4) is 0 Å². The number of carbonyl (C=O) groups is 3. The van der Waals surface area contributed by atoms with Crippen molar-refractivity contribution in [2.75, 3.05) is 13.1 Å². The minimum absolute atomic E-state index is 0.0942. The highest BCUT2D eigenvalue weighted by molar-refractivity contribution is 6.05. The Morgan fingerprint density at radius 2 is 1.93 bits per heavy atom. The highest BCUT2D eigenvalue weighted by atomic mass is 19.1. The van der Waals surface area contributed by atoms with Gasteiger partial charge in [0, 0.05) is 31.3 Å². The van der Waals surface area contributed by atoms with Crippen molar-refractivity contribution in [2.24, 2.45) is 0 Å². The second-order valence-electron chi connectivity index (χ2n) is 10.9. The normalized spacial score (nSPS) is 20.0. The lowest BCUT2D eigenvalue weighted by Crippen LogP contribution is -2.52. The fourth-order valence-electron chi connectivity index (χ4n) is 6.23. The van der Waals surface area contributed by atoms with Crippen LogP contribution in [-0.2, 0) is 22.7 Å². The van der Waals surface area contributed by atoms with Crippen LogP contribution >= 0.6 is 0 Å². The lowest BCUT2D eigenvalue weighted by Gasteiger charge is -2.33. The van der Waals surface area contributed by atoms with Crippen molar-refractivity contribution in [3.05, 3.63) is 82.2 Å². The molecule has 3 aromatic rings. The average molecular weight is 541 g/mol. The summed E-state index contributed by atoms with van der Waals surface area (Å²) in [6, 6.07) is 10.3. The largest absolute Gasteiger partial charge is 0.322 e. The molecule has 1 unspecified atom stereocenters. The van der Waals surface area contributed by atoms with Crippen LogP contribution in [0, 0.1) is 24.1 Å². The number of imide groups is 1. The number of likely N-dealkylation sites (tertiary alicyclic amines) is 1. The second-order valence-corrected chi connectivity index (χ2v) is 10.9. The van der Waals surface area contributed by atoms with Crippen LogP contribution in [0.1, 0.15) is 69.9 Å². The molecule has 40 heavy (non-hydrogen) atoms. The van der Waals surface area contributed by atoms with Gasteiger partial charge in [0.1, 0.15) is 17.9 Å². The molecular weight excluding hydrogens is 511 g/mol. The zero-order chi connectivity index (χ0) is 28.0. The third-order valence-corrected chi connectivity index (χ3v) is 8.26.